The van der Waals surface area contributed by atoms with Gasteiger partial charge in [-0.3, -0.25) is 9.97 Å². The van der Waals surface area contributed by atoms with E-state index in [-0.39, 0.29) is 5.71 Å². The molecule has 0 aromatic carbocycles. The molecule has 2 aromatic heterocycles. The summed E-state index contributed by atoms with van der Waals surface area (Å²) in [6.45, 7) is 1.25. The van der Waals surface area contributed by atoms with E-state index in [9.17, 15) is 4.79 Å². The summed E-state index contributed by atoms with van der Waals surface area (Å²) in [6, 6.07) is 10.4. The highest BCUT2D eigenvalue weighted by Crippen LogP contribution is 2.09. The number of carbonyl (C=O) groups is 1. The van der Waals surface area contributed by atoms with E-state index in [4.69, 9.17) is 5.26 Å². The van der Waals surface area contributed by atoms with E-state index < -0.39 is 5.97 Å². The maximum atomic E-state index is 10.9. The van der Waals surface area contributed by atoms with Crippen molar-refractivity contribution in [3.63, 3.8) is 0 Å². The lowest BCUT2D eigenvalue weighted by molar-refractivity contribution is -0.140. The number of nitriles is 1. The number of carbonyl (C=O) groups excluding carboxylic acids is 1. The van der Waals surface area contributed by atoms with Crippen LogP contribution in [0.4, 0.5) is 0 Å². The van der Waals surface area contributed by atoms with E-state index in [0.717, 1.165) is 0 Å². The Hall–Kier alpha value is -3.07. The molecule has 98 valence electrons. The summed E-state index contributed by atoms with van der Waals surface area (Å²) >= 11 is 0. The predicted octanol–water partition coefficient (Wildman–Crippen LogP) is 1.66. The summed E-state index contributed by atoms with van der Waals surface area (Å²) in [5.41, 5.74) is 1.62. The van der Waals surface area contributed by atoms with Crippen LogP contribution in [0.15, 0.2) is 47.9 Å². The molecule has 6 nitrogen and oxygen atoms in total. The lowest BCUT2D eigenvalue weighted by Gasteiger charge is -2.04. The molecule has 0 spiro atoms. The highest BCUT2D eigenvalue weighted by atomic mass is 16.7. The second kappa shape index (κ2) is 6.20. The molecule has 0 aliphatic rings. The van der Waals surface area contributed by atoms with Crippen LogP contribution in [0.2, 0.25) is 0 Å². The minimum absolute atomic E-state index is 0.290. The van der Waals surface area contributed by atoms with Crippen LogP contribution in [0.3, 0.4) is 0 Å². The smallest absolute Gasteiger partial charge is 0.318 e. The van der Waals surface area contributed by atoms with Crippen LogP contribution in [0.25, 0.3) is 0 Å². The van der Waals surface area contributed by atoms with Crippen LogP contribution in [-0.2, 0) is 9.63 Å². The third-order valence-electron chi connectivity index (χ3n) is 2.30. The predicted molar refractivity (Wildman–Crippen MR) is 70.6 cm³/mol. The Labute approximate surface area is 115 Å². The summed E-state index contributed by atoms with van der Waals surface area (Å²) in [4.78, 5) is 23.9. The van der Waals surface area contributed by atoms with Gasteiger partial charge < -0.3 is 4.84 Å². The lowest BCUT2D eigenvalue weighted by Crippen LogP contribution is -2.10. The molecule has 0 N–H and O–H groups in total. The van der Waals surface area contributed by atoms with Crippen molar-refractivity contribution in [1.29, 1.82) is 5.26 Å². The first-order valence-corrected chi connectivity index (χ1v) is 5.74. The Kier molecular flexibility index (Phi) is 4.14. The van der Waals surface area contributed by atoms with Gasteiger partial charge in [-0.1, -0.05) is 11.2 Å². The van der Waals surface area contributed by atoms with Crippen LogP contribution in [0, 0.1) is 11.3 Å². The number of nitrogens with zero attached hydrogens (tertiary/aromatic N) is 4. The first-order chi connectivity index (χ1) is 9.70. The second-order valence-electron chi connectivity index (χ2n) is 3.78. The van der Waals surface area contributed by atoms with Gasteiger partial charge in [0.15, 0.2) is 5.71 Å². The van der Waals surface area contributed by atoms with Crippen molar-refractivity contribution < 1.29 is 9.63 Å². The first kappa shape index (κ1) is 13.4. The van der Waals surface area contributed by atoms with Crippen LogP contribution < -0.4 is 0 Å². The van der Waals surface area contributed by atoms with Crippen molar-refractivity contribution in [2.75, 3.05) is 0 Å². The topological polar surface area (TPSA) is 88.2 Å². The van der Waals surface area contributed by atoms with E-state index in [1.54, 1.807) is 36.5 Å². The Balaban J connectivity index is 2.49. The average molecular weight is 266 g/mol. The molecule has 0 bridgehead atoms. The molecule has 0 aliphatic carbocycles. The molecule has 0 atom stereocenters. The minimum atomic E-state index is -0.546. The molecule has 0 amide bonds. The van der Waals surface area contributed by atoms with Crippen molar-refractivity contribution in [2.24, 2.45) is 5.16 Å². The number of aromatic nitrogens is 2. The summed E-state index contributed by atoms with van der Waals surface area (Å²) in [5.74, 6) is -0.546. The van der Waals surface area contributed by atoms with Crippen LogP contribution in [0.1, 0.15) is 23.9 Å². The van der Waals surface area contributed by atoms with Gasteiger partial charge in [-0.25, -0.2) is 4.79 Å². The Morgan fingerprint density at radius 1 is 1.25 bits per heavy atom. The summed E-state index contributed by atoms with van der Waals surface area (Å²) < 4.78 is 0. The number of rotatable bonds is 3. The molecule has 2 aromatic rings. The molecule has 0 aliphatic heterocycles. The standard InChI is InChI=1S/C14H10N4O2/c1-10(19)20-18-14(12-4-2-3-6-16-12)13-8-11(9-15)5-7-17-13/h2-8H,1H3. The first-order valence-electron chi connectivity index (χ1n) is 5.74. The van der Waals surface area contributed by atoms with Gasteiger partial charge in [0.2, 0.25) is 0 Å². The number of hydrogen-bond donors (Lipinski definition) is 0. The van der Waals surface area contributed by atoms with Crippen LogP contribution in [0.5, 0.6) is 0 Å². The van der Waals surface area contributed by atoms with Crippen molar-refractivity contribution >= 4 is 11.7 Å². The zero-order valence-electron chi connectivity index (χ0n) is 10.6. The van der Waals surface area contributed by atoms with Crippen molar-refractivity contribution in [3.05, 3.63) is 59.7 Å². The average Bonchev–Trinajstić information content (AvgIpc) is 2.48. The van der Waals surface area contributed by atoms with Crippen molar-refractivity contribution in [2.45, 2.75) is 6.92 Å². The Morgan fingerprint density at radius 2 is 2.05 bits per heavy atom. The Morgan fingerprint density at radius 3 is 2.70 bits per heavy atom. The third kappa shape index (κ3) is 3.23. The molecule has 0 fully saturated rings. The van der Waals surface area contributed by atoms with Gasteiger partial charge >= 0.3 is 5.97 Å². The maximum Gasteiger partial charge on any atom is 0.332 e. The van der Waals surface area contributed by atoms with Crippen molar-refractivity contribution in [3.8, 4) is 6.07 Å². The zero-order chi connectivity index (χ0) is 14.4. The molecule has 6 heteroatoms. The number of hydrogen-bond acceptors (Lipinski definition) is 6. The largest absolute Gasteiger partial charge is 0.332 e. The van der Waals surface area contributed by atoms with Gasteiger partial charge in [-0.05, 0) is 24.3 Å². The molecule has 2 heterocycles. The van der Waals surface area contributed by atoms with Gasteiger partial charge in [0.25, 0.3) is 0 Å². The molecule has 0 unspecified atom stereocenters. The Bertz CT molecular complexity index is 690. The molecular weight excluding hydrogens is 256 g/mol. The van der Waals surface area contributed by atoms with E-state index in [0.29, 0.717) is 17.0 Å². The zero-order valence-corrected chi connectivity index (χ0v) is 10.6. The van der Waals surface area contributed by atoms with E-state index >= 15 is 0 Å². The molecular formula is C14H10N4O2. The van der Waals surface area contributed by atoms with Gasteiger partial charge in [-0.15, -0.1) is 0 Å². The van der Waals surface area contributed by atoms with Gasteiger partial charge in [0, 0.05) is 19.3 Å². The SMILES string of the molecule is CC(=O)ON=C(c1ccccn1)c1cc(C#N)ccn1. The molecule has 0 radical (unpaired) electrons. The summed E-state index contributed by atoms with van der Waals surface area (Å²) in [5, 5.41) is 12.7. The van der Waals surface area contributed by atoms with E-state index in [1.165, 1.54) is 13.1 Å². The molecule has 0 saturated carbocycles. The fourth-order valence-corrected chi connectivity index (χ4v) is 1.47. The monoisotopic (exact) mass is 266 g/mol. The van der Waals surface area contributed by atoms with E-state index in [1.807, 2.05) is 6.07 Å². The molecule has 2 rings (SSSR count). The highest BCUT2D eigenvalue weighted by molar-refractivity contribution is 6.10. The fourth-order valence-electron chi connectivity index (χ4n) is 1.47. The van der Waals surface area contributed by atoms with Crippen LogP contribution in [-0.4, -0.2) is 21.6 Å². The third-order valence-corrected chi connectivity index (χ3v) is 2.30. The van der Waals surface area contributed by atoms with E-state index in [2.05, 4.69) is 20.0 Å². The second-order valence-corrected chi connectivity index (χ2v) is 3.78. The molecule has 20 heavy (non-hydrogen) atoms. The maximum absolute atomic E-state index is 10.9. The quantitative estimate of drug-likeness (QED) is 0.479. The van der Waals surface area contributed by atoms with Crippen LogP contribution >= 0.6 is 0 Å². The lowest BCUT2D eigenvalue weighted by atomic mass is 10.1. The summed E-state index contributed by atoms with van der Waals surface area (Å²) in [6.07, 6.45) is 3.08. The van der Waals surface area contributed by atoms with Gasteiger partial charge in [-0.2, -0.15) is 5.26 Å². The summed E-state index contributed by atoms with van der Waals surface area (Å²) in [7, 11) is 0. The number of oxime groups is 1. The molecule has 0 saturated heterocycles. The number of pyridine rings is 2. The van der Waals surface area contributed by atoms with Crippen molar-refractivity contribution in [1.82, 2.24) is 9.97 Å². The van der Waals surface area contributed by atoms with Gasteiger partial charge in [0.05, 0.1) is 23.0 Å². The normalized spacial score (nSPS) is 10.7. The minimum Gasteiger partial charge on any atom is -0.318 e. The fraction of sp³-hybridized carbons (Fsp3) is 0.0714. The highest BCUT2D eigenvalue weighted by Gasteiger charge is 2.12. The van der Waals surface area contributed by atoms with Gasteiger partial charge in [0.1, 0.15) is 0 Å².